The molecule has 0 N–H and O–H groups in total. The van der Waals surface area contributed by atoms with Gasteiger partial charge in [0.05, 0.1) is 44.1 Å². The van der Waals surface area contributed by atoms with E-state index in [9.17, 15) is 0 Å². The first kappa shape index (κ1) is 49.5. The Labute approximate surface area is 506 Å². The van der Waals surface area contributed by atoms with Crippen LogP contribution in [0.25, 0.3) is 166 Å². The van der Waals surface area contributed by atoms with Crippen LogP contribution in [0.2, 0.25) is 0 Å². The first-order chi connectivity index (χ1) is 43.6. The Morgan fingerprint density at radius 2 is 0.523 bits per heavy atom. The molecule has 0 aliphatic heterocycles. The molecule has 410 valence electrons. The number of rotatable bonds is 9. The predicted molar refractivity (Wildman–Crippen MR) is 364 cm³/mol. The van der Waals surface area contributed by atoms with E-state index in [0.29, 0.717) is 17.5 Å². The van der Waals surface area contributed by atoms with Crippen molar-refractivity contribution >= 4 is 87.2 Å². The van der Waals surface area contributed by atoms with E-state index in [1.165, 1.54) is 65.4 Å². The zero-order valence-corrected chi connectivity index (χ0v) is 47.6. The molecule has 0 aliphatic rings. The van der Waals surface area contributed by atoms with Gasteiger partial charge in [-0.3, -0.25) is 0 Å². The average molecular weight is 1120 g/mol. The fourth-order valence-electron chi connectivity index (χ4n) is 13.9. The Hall–Kier alpha value is -11.9. The second-order valence-corrected chi connectivity index (χ2v) is 22.7. The Kier molecular flexibility index (Phi) is 11.2. The number of para-hydroxylation sites is 6. The molecule has 0 amide bonds. The fourth-order valence-corrected chi connectivity index (χ4v) is 13.9. The van der Waals surface area contributed by atoms with E-state index in [0.717, 1.165) is 83.5 Å². The minimum Gasteiger partial charge on any atom is -0.309 e. The summed E-state index contributed by atoms with van der Waals surface area (Å²) in [5.41, 5.74) is 20.8. The predicted octanol–water partition coefficient (Wildman–Crippen LogP) is 20.6. The maximum atomic E-state index is 5.31. The number of hydrogen-bond acceptors (Lipinski definition) is 3. The van der Waals surface area contributed by atoms with Crippen molar-refractivity contribution in [3.63, 3.8) is 0 Å². The van der Waals surface area contributed by atoms with Gasteiger partial charge in [-0.15, -0.1) is 0 Å². The standard InChI is InChI=1S/C81H51N7/c1-4-21-53(22-5-1)79-82-80(54-23-6-2-7-24-54)84-81(83-79)57-47-60(87-70-33-15-10-27-63(70)64-28-11-16-34-71(64)87)51-61(48-57)88-74-37-19-14-31-67(74)78-62(32-20-38-77(78)88)52-39-43-59(44-40-52)86-73-36-18-13-30-66(73)69-50-56(42-46-76(69)86)55-41-45-75-68(49-55)65-29-12-17-35-72(65)85(75)58-25-8-3-9-26-58/h1-51H. The van der Waals surface area contributed by atoms with E-state index >= 15 is 0 Å². The molecule has 0 spiro atoms. The zero-order chi connectivity index (χ0) is 57.8. The molecule has 18 aromatic rings. The normalized spacial score (nSPS) is 11.9. The smallest absolute Gasteiger partial charge is 0.164 e. The quantitative estimate of drug-likeness (QED) is 0.145. The van der Waals surface area contributed by atoms with Gasteiger partial charge in [0, 0.05) is 82.5 Å². The summed E-state index contributed by atoms with van der Waals surface area (Å²) in [7, 11) is 0. The fraction of sp³-hybridized carbons (Fsp3) is 0. The molecular weight excluding hydrogens is 1070 g/mol. The van der Waals surface area contributed by atoms with Gasteiger partial charge < -0.3 is 18.3 Å². The van der Waals surface area contributed by atoms with Crippen molar-refractivity contribution in [2.45, 2.75) is 0 Å². The number of hydrogen-bond donors (Lipinski definition) is 0. The van der Waals surface area contributed by atoms with E-state index in [4.69, 9.17) is 15.0 Å². The van der Waals surface area contributed by atoms with E-state index in [1.54, 1.807) is 0 Å². The van der Waals surface area contributed by atoms with Crippen LogP contribution in [0.15, 0.2) is 309 Å². The monoisotopic (exact) mass is 1120 g/mol. The van der Waals surface area contributed by atoms with Crippen molar-refractivity contribution < 1.29 is 0 Å². The third-order valence-corrected chi connectivity index (χ3v) is 17.8. The van der Waals surface area contributed by atoms with Crippen LogP contribution in [-0.4, -0.2) is 33.2 Å². The van der Waals surface area contributed by atoms with Crippen LogP contribution >= 0.6 is 0 Å². The summed E-state index contributed by atoms with van der Waals surface area (Å²) >= 11 is 0. The molecule has 0 fully saturated rings. The van der Waals surface area contributed by atoms with Gasteiger partial charge >= 0.3 is 0 Å². The number of fused-ring (bicyclic) bond motifs is 12. The van der Waals surface area contributed by atoms with Crippen molar-refractivity contribution in [1.29, 1.82) is 0 Å². The van der Waals surface area contributed by atoms with Gasteiger partial charge in [0.1, 0.15) is 0 Å². The van der Waals surface area contributed by atoms with Crippen LogP contribution in [0, 0.1) is 0 Å². The lowest BCUT2D eigenvalue weighted by molar-refractivity contribution is 1.07. The lowest BCUT2D eigenvalue weighted by Gasteiger charge is -2.16. The van der Waals surface area contributed by atoms with Crippen LogP contribution in [0.3, 0.4) is 0 Å². The molecule has 5 heterocycles. The minimum absolute atomic E-state index is 0.586. The summed E-state index contributed by atoms with van der Waals surface area (Å²) < 4.78 is 9.61. The maximum absolute atomic E-state index is 5.31. The molecule has 0 atom stereocenters. The van der Waals surface area contributed by atoms with E-state index in [1.807, 2.05) is 36.4 Å². The highest BCUT2D eigenvalue weighted by Crippen LogP contribution is 2.43. The van der Waals surface area contributed by atoms with Gasteiger partial charge in [0.15, 0.2) is 17.5 Å². The van der Waals surface area contributed by atoms with Crippen molar-refractivity contribution in [3.05, 3.63) is 309 Å². The highest BCUT2D eigenvalue weighted by atomic mass is 15.1. The first-order valence-electron chi connectivity index (χ1n) is 29.9. The van der Waals surface area contributed by atoms with Crippen molar-refractivity contribution in [2.24, 2.45) is 0 Å². The SMILES string of the molecule is c1ccc(-c2nc(-c3ccccc3)nc(-c3cc(-n4c5ccccc5c5ccccc54)cc(-n4c5ccccc5c5c(-c6ccc(-n7c8ccccc8c8cc(-c9ccc%10c(c9)c9ccccc9n%10-c9ccccc9)ccc87)cc6)cccc54)c3)n2)cc1. The minimum atomic E-state index is 0.586. The Morgan fingerprint density at radius 1 is 0.182 bits per heavy atom. The molecule has 0 saturated carbocycles. The van der Waals surface area contributed by atoms with Crippen LogP contribution in [0.1, 0.15) is 0 Å². The maximum Gasteiger partial charge on any atom is 0.164 e. The van der Waals surface area contributed by atoms with Crippen molar-refractivity contribution in [1.82, 2.24) is 33.2 Å². The summed E-state index contributed by atoms with van der Waals surface area (Å²) in [4.78, 5) is 15.7. The molecule has 7 nitrogen and oxygen atoms in total. The molecule has 13 aromatic carbocycles. The first-order valence-corrected chi connectivity index (χ1v) is 29.9. The Balaban J connectivity index is 0.780. The van der Waals surface area contributed by atoms with Gasteiger partial charge in [0.25, 0.3) is 0 Å². The molecule has 18 rings (SSSR count). The summed E-state index contributed by atoms with van der Waals surface area (Å²) in [5, 5.41) is 9.65. The topological polar surface area (TPSA) is 58.4 Å². The Bertz CT molecular complexity index is 5680. The van der Waals surface area contributed by atoms with Gasteiger partial charge in [-0.25, -0.2) is 15.0 Å². The van der Waals surface area contributed by atoms with Crippen LogP contribution < -0.4 is 0 Å². The number of benzene rings is 13. The second-order valence-electron chi connectivity index (χ2n) is 22.7. The molecule has 0 unspecified atom stereocenters. The molecule has 0 radical (unpaired) electrons. The average Bonchev–Trinajstić information content (AvgIpc) is 1.85. The number of aromatic nitrogens is 7. The number of nitrogens with zero attached hydrogens (tertiary/aromatic N) is 7. The van der Waals surface area contributed by atoms with Gasteiger partial charge in [-0.2, -0.15) is 0 Å². The molecule has 0 aliphatic carbocycles. The van der Waals surface area contributed by atoms with Crippen molar-refractivity contribution in [3.8, 4) is 79.2 Å². The summed E-state index contributed by atoms with van der Waals surface area (Å²) in [6.45, 7) is 0. The summed E-state index contributed by atoms with van der Waals surface area (Å²) in [6.07, 6.45) is 0. The highest BCUT2D eigenvalue weighted by Gasteiger charge is 2.23. The van der Waals surface area contributed by atoms with E-state index in [2.05, 4.69) is 291 Å². The third-order valence-electron chi connectivity index (χ3n) is 17.8. The van der Waals surface area contributed by atoms with Gasteiger partial charge in [-0.05, 0) is 125 Å². The summed E-state index contributed by atoms with van der Waals surface area (Å²) in [5.74, 6) is 1.81. The van der Waals surface area contributed by atoms with E-state index in [-0.39, 0.29) is 0 Å². The largest absolute Gasteiger partial charge is 0.309 e. The highest BCUT2D eigenvalue weighted by molar-refractivity contribution is 6.17. The van der Waals surface area contributed by atoms with Gasteiger partial charge in [0.2, 0.25) is 0 Å². The molecule has 0 saturated heterocycles. The van der Waals surface area contributed by atoms with Crippen LogP contribution in [-0.2, 0) is 0 Å². The van der Waals surface area contributed by atoms with Crippen molar-refractivity contribution in [2.75, 3.05) is 0 Å². The molecule has 88 heavy (non-hydrogen) atoms. The molecule has 0 bridgehead atoms. The molecule has 5 aromatic heterocycles. The molecular formula is C81H51N7. The van der Waals surface area contributed by atoms with E-state index < -0.39 is 0 Å². The third kappa shape index (κ3) is 7.81. The van der Waals surface area contributed by atoms with Crippen LogP contribution in [0.5, 0.6) is 0 Å². The van der Waals surface area contributed by atoms with Crippen LogP contribution in [0.4, 0.5) is 0 Å². The summed E-state index contributed by atoms with van der Waals surface area (Å²) in [6, 6.07) is 111. The lowest BCUT2D eigenvalue weighted by atomic mass is 9.99. The zero-order valence-electron chi connectivity index (χ0n) is 47.6. The Morgan fingerprint density at radius 3 is 1.01 bits per heavy atom. The molecule has 7 heteroatoms. The lowest BCUT2D eigenvalue weighted by Crippen LogP contribution is -2.03. The second kappa shape index (κ2) is 19.8. The van der Waals surface area contributed by atoms with Gasteiger partial charge in [-0.1, -0.05) is 206 Å².